The molecule has 0 saturated heterocycles. The first kappa shape index (κ1) is 16.5. The number of halogens is 1. The zero-order chi connectivity index (χ0) is 19.3. The van der Waals surface area contributed by atoms with Gasteiger partial charge in [0.05, 0.1) is 17.7 Å². The third-order valence-corrected chi connectivity index (χ3v) is 4.72. The van der Waals surface area contributed by atoms with Gasteiger partial charge in [0.1, 0.15) is 6.17 Å². The van der Waals surface area contributed by atoms with Gasteiger partial charge in [0.25, 0.3) is 5.91 Å². The molecule has 1 fully saturated rings. The van der Waals surface area contributed by atoms with Crippen LogP contribution >= 0.6 is 0 Å². The Morgan fingerprint density at radius 2 is 2.21 bits per heavy atom. The van der Waals surface area contributed by atoms with Crippen LogP contribution in [0.1, 0.15) is 34.2 Å². The van der Waals surface area contributed by atoms with Gasteiger partial charge in [-0.2, -0.15) is 10.1 Å². The van der Waals surface area contributed by atoms with Gasteiger partial charge in [0.2, 0.25) is 11.7 Å². The molecule has 0 aliphatic heterocycles. The molecule has 5 rings (SSSR count). The highest BCUT2D eigenvalue weighted by Gasteiger charge is 2.43. The molecule has 1 amide bonds. The van der Waals surface area contributed by atoms with Crippen LogP contribution in [-0.4, -0.2) is 36.8 Å². The van der Waals surface area contributed by atoms with Crippen molar-refractivity contribution in [2.75, 3.05) is 5.32 Å². The summed E-state index contributed by atoms with van der Waals surface area (Å²) in [6.45, 7) is 1.88. The molecule has 3 heterocycles. The monoisotopic (exact) mass is 378 g/mol. The van der Waals surface area contributed by atoms with Gasteiger partial charge >= 0.3 is 0 Å². The normalized spacial score (nSPS) is 18.4. The Labute approximate surface area is 158 Å². The first-order valence-corrected chi connectivity index (χ1v) is 8.78. The van der Waals surface area contributed by atoms with Crippen LogP contribution in [0.2, 0.25) is 0 Å². The lowest BCUT2D eigenvalue weighted by atomic mass is 10.1. The number of hydrogen-bond acceptors (Lipinski definition) is 6. The van der Waals surface area contributed by atoms with Crippen LogP contribution in [0.15, 0.2) is 47.4 Å². The molecular formula is C19H15FN6O2. The number of aromatic nitrogens is 5. The van der Waals surface area contributed by atoms with Crippen LogP contribution in [0, 0.1) is 6.92 Å². The highest BCUT2D eigenvalue weighted by Crippen LogP contribution is 2.43. The van der Waals surface area contributed by atoms with Crippen LogP contribution in [0.4, 0.5) is 10.1 Å². The van der Waals surface area contributed by atoms with E-state index >= 15 is 0 Å². The van der Waals surface area contributed by atoms with Crippen LogP contribution in [-0.2, 0) is 0 Å². The van der Waals surface area contributed by atoms with E-state index in [4.69, 9.17) is 4.52 Å². The second kappa shape index (κ2) is 6.22. The molecule has 0 spiro atoms. The quantitative estimate of drug-likeness (QED) is 0.586. The molecule has 9 heteroatoms. The molecule has 2 atom stereocenters. The Bertz CT molecular complexity index is 1200. The first-order chi connectivity index (χ1) is 13.6. The summed E-state index contributed by atoms with van der Waals surface area (Å²) in [5.41, 5.74) is 3.20. The molecule has 0 bridgehead atoms. The van der Waals surface area contributed by atoms with E-state index in [2.05, 4.69) is 25.5 Å². The second-order valence-corrected chi connectivity index (χ2v) is 6.77. The average molecular weight is 378 g/mol. The van der Waals surface area contributed by atoms with Crippen molar-refractivity contribution in [2.24, 2.45) is 0 Å². The van der Waals surface area contributed by atoms with E-state index in [1.807, 2.05) is 19.1 Å². The molecule has 1 saturated carbocycles. The standard InChI is InChI=1S/C19H15FN6O2/c1-10-2-3-11(17-24-19(28-25-17)13-7-14(13)20)6-15(10)23-18(27)12-8-21-16-4-5-22-26(16)9-12/h2-6,8-9,13-14H,7H2,1H3,(H,23,27)/t13-,14-/m0/s1. The molecule has 140 valence electrons. The molecule has 1 N–H and O–H groups in total. The molecule has 1 aliphatic carbocycles. The summed E-state index contributed by atoms with van der Waals surface area (Å²) >= 11 is 0. The lowest BCUT2D eigenvalue weighted by Crippen LogP contribution is -2.14. The van der Waals surface area contributed by atoms with Gasteiger partial charge in [-0.05, 0) is 25.0 Å². The maximum absolute atomic E-state index is 13.2. The SMILES string of the molecule is Cc1ccc(-c2noc([C@H]3C[C@@H]3F)n2)cc1NC(=O)c1cnc2ccnn2c1. The van der Waals surface area contributed by atoms with E-state index in [0.29, 0.717) is 40.6 Å². The van der Waals surface area contributed by atoms with Gasteiger partial charge in [-0.3, -0.25) is 4.79 Å². The third kappa shape index (κ3) is 2.90. The topological polar surface area (TPSA) is 98.2 Å². The minimum atomic E-state index is -0.901. The van der Waals surface area contributed by atoms with Gasteiger partial charge in [-0.1, -0.05) is 17.3 Å². The minimum absolute atomic E-state index is 0.296. The smallest absolute Gasteiger partial charge is 0.258 e. The average Bonchev–Trinajstić information content (AvgIpc) is 3.11. The van der Waals surface area contributed by atoms with Crippen molar-refractivity contribution in [3.8, 4) is 11.4 Å². The zero-order valence-electron chi connectivity index (χ0n) is 14.8. The molecule has 4 aromatic rings. The summed E-state index contributed by atoms with van der Waals surface area (Å²) in [5.74, 6) is 0.0734. The number of benzene rings is 1. The van der Waals surface area contributed by atoms with Crippen molar-refractivity contribution in [2.45, 2.75) is 25.4 Å². The van der Waals surface area contributed by atoms with Gasteiger partial charge < -0.3 is 9.84 Å². The number of carbonyl (C=O) groups is 1. The van der Waals surface area contributed by atoms with Crippen molar-refractivity contribution >= 4 is 17.2 Å². The second-order valence-electron chi connectivity index (χ2n) is 6.77. The van der Waals surface area contributed by atoms with Crippen molar-refractivity contribution in [1.29, 1.82) is 0 Å². The number of amides is 1. The van der Waals surface area contributed by atoms with Gasteiger partial charge in [0, 0.05) is 29.7 Å². The number of anilines is 1. The number of carbonyl (C=O) groups excluding carboxylic acids is 1. The first-order valence-electron chi connectivity index (χ1n) is 8.78. The molecule has 1 aromatic carbocycles. The number of alkyl halides is 1. The van der Waals surface area contributed by atoms with Crippen LogP contribution in [0.25, 0.3) is 17.0 Å². The molecule has 3 aromatic heterocycles. The fourth-order valence-electron chi connectivity index (χ4n) is 2.94. The van der Waals surface area contributed by atoms with E-state index in [1.165, 1.54) is 10.7 Å². The molecule has 0 radical (unpaired) electrons. The molecular weight excluding hydrogens is 363 g/mol. The van der Waals surface area contributed by atoms with E-state index in [1.54, 1.807) is 24.5 Å². The lowest BCUT2D eigenvalue weighted by molar-refractivity contribution is 0.102. The predicted octanol–water partition coefficient (Wildman–Crippen LogP) is 3.17. The molecule has 0 unspecified atom stereocenters. The summed E-state index contributed by atoms with van der Waals surface area (Å²) in [4.78, 5) is 21.1. The fourth-order valence-corrected chi connectivity index (χ4v) is 2.94. The Morgan fingerprint density at radius 1 is 1.36 bits per heavy atom. The largest absolute Gasteiger partial charge is 0.339 e. The summed E-state index contributed by atoms with van der Waals surface area (Å²) in [6, 6.07) is 7.20. The van der Waals surface area contributed by atoms with E-state index in [9.17, 15) is 9.18 Å². The van der Waals surface area contributed by atoms with Gasteiger partial charge in [0.15, 0.2) is 5.65 Å². The van der Waals surface area contributed by atoms with Gasteiger partial charge in [-0.15, -0.1) is 0 Å². The van der Waals surface area contributed by atoms with E-state index in [0.717, 1.165) is 5.56 Å². The summed E-state index contributed by atoms with van der Waals surface area (Å²) in [5, 5.41) is 10.9. The maximum Gasteiger partial charge on any atom is 0.258 e. The summed E-state index contributed by atoms with van der Waals surface area (Å²) in [6.07, 6.45) is 4.25. The summed E-state index contributed by atoms with van der Waals surface area (Å²) in [7, 11) is 0. The Balaban J connectivity index is 1.40. The van der Waals surface area contributed by atoms with Crippen LogP contribution < -0.4 is 5.32 Å². The predicted molar refractivity (Wildman–Crippen MR) is 97.7 cm³/mol. The van der Waals surface area contributed by atoms with Gasteiger partial charge in [-0.25, -0.2) is 13.9 Å². The van der Waals surface area contributed by atoms with Crippen molar-refractivity contribution in [1.82, 2.24) is 24.7 Å². The Kier molecular flexibility index (Phi) is 3.68. The lowest BCUT2D eigenvalue weighted by Gasteiger charge is -2.09. The Hall–Kier alpha value is -3.62. The fraction of sp³-hybridized carbons (Fsp3) is 0.211. The minimum Gasteiger partial charge on any atom is -0.339 e. The zero-order valence-corrected chi connectivity index (χ0v) is 14.8. The highest BCUT2D eigenvalue weighted by atomic mass is 19.1. The van der Waals surface area contributed by atoms with Crippen molar-refractivity contribution in [3.63, 3.8) is 0 Å². The highest BCUT2D eigenvalue weighted by molar-refractivity contribution is 6.04. The Morgan fingerprint density at radius 3 is 3.04 bits per heavy atom. The van der Waals surface area contributed by atoms with Crippen LogP contribution in [0.5, 0.6) is 0 Å². The number of hydrogen-bond donors (Lipinski definition) is 1. The molecule has 1 aliphatic rings. The third-order valence-electron chi connectivity index (χ3n) is 4.72. The number of aryl methyl sites for hydroxylation is 1. The summed E-state index contributed by atoms with van der Waals surface area (Å²) < 4.78 is 19.9. The number of nitrogens with zero attached hydrogens (tertiary/aromatic N) is 5. The van der Waals surface area contributed by atoms with Crippen molar-refractivity contribution < 1.29 is 13.7 Å². The number of fused-ring (bicyclic) bond motifs is 1. The molecule has 28 heavy (non-hydrogen) atoms. The van der Waals surface area contributed by atoms with Crippen molar-refractivity contribution in [3.05, 3.63) is 59.9 Å². The number of rotatable bonds is 4. The van der Waals surface area contributed by atoms with Crippen LogP contribution in [0.3, 0.4) is 0 Å². The van der Waals surface area contributed by atoms with E-state index < -0.39 is 6.17 Å². The van der Waals surface area contributed by atoms with E-state index in [-0.39, 0.29) is 11.8 Å². The number of nitrogens with one attached hydrogen (secondary N) is 1. The molecule has 8 nitrogen and oxygen atoms in total. The maximum atomic E-state index is 13.2.